The Bertz CT molecular complexity index is 1700. The molecule has 3 aromatic carbocycles. The van der Waals surface area contributed by atoms with Crippen LogP contribution in [0.15, 0.2) is 71.6 Å². The van der Waals surface area contributed by atoms with Crippen molar-refractivity contribution >= 4 is 36.6 Å². The van der Waals surface area contributed by atoms with E-state index in [4.69, 9.17) is 0 Å². The summed E-state index contributed by atoms with van der Waals surface area (Å²) in [6, 6.07) is 16.6. The third-order valence-electron chi connectivity index (χ3n) is 4.88. The highest BCUT2D eigenvalue weighted by Gasteiger charge is 2.46. The summed E-state index contributed by atoms with van der Waals surface area (Å²) < 4.78 is 86.3. The van der Waals surface area contributed by atoms with Crippen molar-refractivity contribution in [1.29, 1.82) is 0 Å². The predicted molar refractivity (Wildman–Crippen MR) is 126 cm³/mol. The van der Waals surface area contributed by atoms with Gasteiger partial charge in [-0.3, -0.25) is 4.72 Å². The summed E-state index contributed by atoms with van der Waals surface area (Å²) in [6.45, 7) is 0. The van der Waals surface area contributed by atoms with Crippen LogP contribution in [0.25, 0.3) is 22.2 Å². The molecule has 180 valence electrons. The molecule has 1 heterocycles. The number of para-hydroxylation sites is 1. The van der Waals surface area contributed by atoms with Gasteiger partial charge in [0, 0.05) is 17.4 Å². The number of halogens is 3. The lowest BCUT2D eigenvalue weighted by Crippen LogP contribution is -2.30. The number of hydrogen-bond acceptors (Lipinski definition) is 5. The van der Waals surface area contributed by atoms with Crippen molar-refractivity contribution in [1.82, 2.24) is 9.97 Å². The van der Waals surface area contributed by atoms with Crippen LogP contribution in [0.1, 0.15) is 11.4 Å². The van der Waals surface area contributed by atoms with E-state index in [2.05, 4.69) is 21.8 Å². The van der Waals surface area contributed by atoms with Crippen LogP contribution < -0.4 is 4.72 Å². The number of H-pyrrole nitrogens is 1. The summed E-state index contributed by atoms with van der Waals surface area (Å²) in [5, 5.41) is 0. The lowest BCUT2D eigenvalue weighted by atomic mass is 10.0. The minimum atomic E-state index is -5.59. The van der Waals surface area contributed by atoms with Crippen molar-refractivity contribution in [3.63, 3.8) is 0 Å². The fourth-order valence-electron chi connectivity index (χ4n) is 3.18. The summed E-state index contributed by atoms with van der Waals surface area (Å²) >= 11 is 0. The quantitative estimate of drug-likeness (QED) is 0.391. The molecule has 0 atom stereocenters. The number of benzene rings is 3. The van der Waals surface area contributed by atoms with E-state index < -0.39 is 25.4 Å². The van der Waals surface area contributed by atoms with E-state index in [1.165, 1.54) is 30.3 Å². The van der Waals surface area contributed by atoms with Gasteiger partial charge >= 0.3 is 15.5 Å². The maximum absolute atomic E-state index is 12.8. The van der Waals surface area contributed by atoms with Gasteiger partial charge in [-0.05, 0) is 53.9 Å². The molecule has 0 aliphatic rings. The Morgan fingerprint density at radius 3 is 2.26 bits per heavy atom. The van der Waals surface area contributed by atoms with Crippen LogP contribution in [0, 0.1) is 11.8 Å². The Labute approximate surface area is 199 Å². The van der Waals surface area contributed by atoms with Gasteiger partial charge in [0.25, 0.3) is 0 Å². The number of aromatic amines is 1. The monoisotopic (exact) mass is 519 g/mol. The second kappa shape index (κ2) is 8.75. The van der Waals surface area contributed by atoms with E-state index in [1.54, 1.807) is 41.1 Å². The van der Waals surface area contributed by atoms with Crippen molar-refractivity contribution in [2.45, 2.75) is 10.4 Å². The highest BCUT2D eigenvalue weighted by molar-refractivity contribution is 7.93. The van der Waals surface area contributed by atoms with Crippen LogP contribution >= 0.6 is 0 Å². The average Bonchev–Trinajstić information content (AvgIpc) is 3.19. The molecule has 0 radical (unpaired) electrons. The standard InChI is InChI=1S/C23H16F3N3O4S2/c1-34(30,31)17-10-6-15(7-11-17)8-13-22-27-20-12-9-16(14-21(20)28-22)18-4-2-3-5-19(18)29-35(32,33)23(24,25)26/h2-7,9-12,14,29H,1H3,(H,27,28). The minimum absolute atomic E-state index is 0.178. The van der Waals surface area contributed by atoms with Crippen LogP contribution in [0.2, 0.25) is 0 Å². The lowest BCUT2D eigenvalue weighted by molar-refractivity contribution is -0.0429. The van der Waals surface area contributed by atoms with Crippen molar-refractivity contribution in [3.05, 3.63) is 78.1 Å². The molecule has 2 N–H and O–H groups in total. The molecule has 1 aromatic heterocycles. The molecule has 0 fully saturated rings. The van der Waals surface area contributed by atoms with Crippen LogP contribution in [-0.4, -0.2) is 38.6 Å². The first-order valence-corrected chi connectivity index (χ1v) is 13.2. The molecule has 0 spiro atoms. The van der Waals surface area contributed by atoms with E-state index in [0.717, 1.165) is 6.26 Å². The van der Waals surface area contributed by atoms with E-state index in [9.17, 15) is 30.0 Å². The molecule has 0 saturated heterocycles. The zero-order valence-corrected chi connectivity index (χ0v) is 19.5. The summed E-state index contributed by atoms with van der Waals surface area (Å²) in [4.78, 5) is 7.56. The van der Waals surface area contributed by atoms with E-state index in [0.29, 0.717) is 28.0 Å². The maximum atomic E-state index is 12.8. The number of imidazole rings is 1. The smallest absolute Gasteiger partial charge is 0.331 e. The van der Waals surface area contributed by atoms with Crippen molar-refractivity contribution in [3.8, 4) is 23.0 Å². The topological polar surface area (TPSA) is 109 Å². The first-order valence-electron chi connectivity index (χ1n) is 9.84. The maximum Gasteiger partial charge on any atom is 0.516 e. The zero-order valence-electron chi connectivity index (χ0n) is 17.9. The number of nitrogens with zero attached hydrogens (tertiary/aromatic N) is 1. The number of nitrogens with one attached hydrogen (secondary N) is 2. The Morgan fingerprint density at radius 2 is 1.60 bits per heavy atom. The average molecular weight is 520 g/mol. The highest BCUT2D eigenvalue weighted by atomic mass is 32.2. The third-order valence-corrected chi connectivity index (χ3v) is 7.10. The Hall–Kier alpha value is -3.82. The number of aromatic nitrogens is 2. The van der Waals surface area contributed by atoms with Crippen LogP contribution in [0.3, 0.4) is 0 Å². The molecule has 0 bridgehead atoms. The van der Waals surface area contributed by atoms with Crippen LogP contribution in [-0.2, 0) is 19.9 Å². The minimum Gasteiger partial charge on any atom is -0.331 e. The largest absolute Gasteiger partial charge is 0.516 e. The van der Waals surface area contributed by atoms with Crippen LogP contribution in [0.5, 0.6) is 0 Å². The second-order valence-electron chi connectivity index (χ2n) is 7.46. The van der Waals surface area contributed by atoms with Crippen molar-refractivity contribution in [2.75, 3.05) is 11.0 Å². The van der Waals surface area contributed by atoms with E-state index >= 15 is 0 Å². The summed E-state index contributed by atoms with van der Waals surface area (Å²) in [5.41, 5.74) is -3.34. The van der Waals surface area contributed by atoms with Gasteiger partial charge < -0.3 is 4.98 Å². The van der Waals surface area contributed by atoms with Crippen LogP contribution in [0.4, 0.5) is 18.9 Å². The lowest BCUT2D eigenvalue weighted by Gasteiger charge is -2.14. The first kappa shape index (κ1) is 24.3. The van der Waals surface area contributed by atoms with Gasteiger partial charge in [0.2, 0.25) is 0 Å². The van der Waals surface area contributed by atoms with Gasteiger partial charge in [-0.1, -0.05) is 30.2 Å². The third kappa shape index (κ3) is 5.31. The number of sulfone groups is 1. The molecule has 7 nitrogen and oxygen atoms in total. The van der Waals surface area contributed by atoms with E-state index in [-0.39, 0.29) is 16.1 Å². The normalized spacial score (nSPS) is 12.2. The number of alkyl halides is 3. The van der Waals surface area contributed by atoms with Gasteiger partial charge in [0.05, 0.1) is 21.6 Å². The molecule has 0 saturated carbocycles. The number of rotatable bonds is 4. The molecule has 0 aliphatic heterocycles. The van der Waals surface area contributed by atoms with Gasteiger partial charge in [0.15, 0.2) is 15.7 Å². The second-order valence-corrected chi connectivity index (χ2v) is 11.2. The molecule has 4 rings (SSSR count). The fourth-order valence-corrected chi connectivity index (χ4v) is 4.39. The zero-order chi connectivity index (χ0) is 25.4. The Morgan fingerprint density at radius 1 is 0.914 bits per heavy atom. The molecular weight excluding hydrogens is 503 g/mol. The summed E-state index contributed by atoms with van der Waals surface area (Å²) in [5.74, 6) is 6.03. The molecule has 0 aliphatic carbocycles. The van der Waals surface area contributed by atoms with Gasteiger partial charge in [-0.25, -0.2) is 13.4 Å². The van der Waals surface area contributed by atoms with Crippen molar-refractivity contribution in [2.24, 2.45) is 0 Å². The predicted octanol–water partition coefficient (Wildman–Crippen LogP) is 4.29. The molecule has 0 unspecified atom stereocenters. The van der Waals surface area contributed by atoms with Gasteiger partial charge in [-0.2, -0.15) is 21.6 Å². The molecule has 12 heteroatoms. The Kier molecular flexibility index (Phi) is 6.08. The van der Waals surface area contributed by atoms with Gasteiger partial charge in [0.1, 0.15) is 0 Å². The first-order chi connectivity index (χ1) is 16.3. The number of hydrogen-bond donors (Lipinski definition) is 2. The van der Waals surface area contributed by atoms with Gasteiger partial charge in [-0.15, -0.1) is 0 Å². The highest BCUT2D eigenvalue weighted by Crippen LogP contribution is 2.33. The number of anilines is 1. The molecular formula is C23H16F3N3O4S2. The number of fused-ring (bicyclic) bond motifs is 1. The number of sulfonamides is 1. The summed E-state index contributed by atoms with van der Waals surface area (Å²) in [7, 11) is -8.90. The van der Waals surface area contributed by atoms with Crippen molar-refractivity contribution < 1.29 is 30.0 Å². The Balaban J connectivity index is 1.65. The molecule has 35 heavy (non-hydrogen) atoms. The fraction of sp³-hybridized carbons (Fsp3) is 0.0870. The SMILES string of the molecule is CS(=O)(=O)c1ccc(C#Cc2nc3cc(-c4ccccc4NS(=O)(=O)C(F)(F)F)ccc3[nH]2)cc1. The van der Waals surface area contributed by atoms with E-state index in [1.807, 2.05) is 0 Å². The molecule has 4 aromatic rings. The molecule has 0 amide bonds. The summed E-state index contributed by atoms with van der Waals surface area (Å²) in [6.07, 6.45) is 1.11.